The second-order valence-electron chi connectivity index (χ2n) is 1.42. The summed E-state index contributed by atoms with van der Waals surface area (Å²) in [4.78, 5) is 10.2. The SMILES string of the molecule is CC=C=C(C)C(N)=O. The van der Waals surface area contributed by atoms with Gasteiger partial charge < -0.3 is 5.73 Å². The predicted octanol–water partition coefficient (Wildman–Crippen LogP) is 0.593. The lowest BCUT2D eigenvalue weighted by Crippen LogP contribution is -2.10. The third kappa shape index (κ3) is 2.21. The Balaban J connectivity index is 4.24. The van der Waals surface area contributed by atoms with Gasteiger partial charge in [-0.15, -0.1) is 5.73 Å². The molecule has 0 aliphatic heterocycles. The molecule has 2 heteroatoms. The van der Waals surface area contributed by atoms with Crippen molar-refractivity contribution in [3.63, 3.8) is 0 Å². The molecule has 0 aromatic carbocycles. The molecular formula is C6H9NO. The number of hydrogen-bond donors (Lipinski definition) is 1. The van der Waals surface area contributed by atoms with Crippen LogP contribution in [0.15, 0.2) is 17.4 Å². The normalized spacial score (nSPS) is 7.25. The first kappa shape index (κ1) is 6.99. The molecule has 8 heavy (non-hydrogen) atoms. The van der Waals surface area contributed by atoms with Crippen molar-refractivity contribution in [1.82, 2.24) is 0 Å². The molecule has 0 bridgehead atoms. The number of carbonyl (C=O) groups excluding carboxylic acids is 1. The molecule has 1 amide bonds. The molecule has 0 aromatic rings. The second-order valence-corrected chi connectivity index (χ2v) is 1.42. The molecule has 0 aromatic heterocycles. The van der Waals surface area contributed by atoms with Crippen LogP contribution in [0.1, 0.15) is 13.8 Å². The van der Waals surface area contributed by atoms with Gasteiger partial charge in [-0.1, -0.05) is 0 Å². The van der Waals surface area contributed by atoms with Gasteiger partial charge in [0.15, 0.2) is 0 Å². The van der Waals surface area contributed by atoms with Crippen molar-refractivity contribution >= 4 is 5.91 Å². The van der Waals surface area contributed by atoms with Gasteiger partial charge in [-0.25, -0.2) is 0 Å². The van der Waals surface area contributed by atoms with E-state index in [-0.39, 0.29) is 0 Å². The number of carbonyl (C=O) groups is 1. The van der Waals surface area contributed by atoms with Crippen LogP contribution in [-0.2, 0) is 4.79 Å². The van der Waals surface area contributed by atoms with Gasteiger partial charge in [0, 0.05) is 0 Å². The molecule has 2 nitrogen and oxygen atoms in total. The number of amides is 1. The average Bonchev–Trinajstić information content (AvgIpc) is 1.67. The van der Waals surface area contributed by atoms with Crippen LogP contribution in [0.25, 0.3) is 0 Å². The molecule has 0 fully saturated rings. The van der Waals surface area contributed by atoms with Crippen LogP contribution in [0.5, 0.6) is 0 Å². The van der Waals surface area contributed by atoms with Gasteiger partial charge in [0.1, 0.15) is 0 Å². The highest BCUT2D eigenvalue weighted by Crippen LogP contribution is 1.83. The highest BCUT2D eigenvalue weighted by atomic mass is 16.1. The van der Waals surface area contributed by atoms with E-state index in [4.69, 9.17) is 5.73 Å². The number of nitrogens with two attached hydrogens (primary N) is 1. The summed E-state index contributed by atoms with van der Waals surface area (Å²) in [6.07, 6.45) is 1.65. The Bertz CT molecular complexity index is 152. The number of hydrogen-bond acceptors (Lipinski definition) is 1. The Kier molecular flexibility index (Phi) is 2.67. The lowest BCUT2D eigenvalue weighted by atomic mass is 10.3. The maximum absolute atomic E-state index is 10.2. The minimum atomic E-state index is -0.414. The van der Waals surface area contributed by atoms with Crippen LogP contribution < -0.4 is 5.73 Å². The fourth-order valence-electron chi connectivity index (χ4n) is 0.288. The monoisotopic (exact) mass is 111 g/mol. The third-order valence-electron chi connectivity index (χ3n) is 0.730. The summed E-state index contributed by atoms with van der Waals surface area (Å²) in [5, 5.41) is 0. The summed E-state index contributed by atoms with van der Waals surface area (Å²) in [7, 11) is 0. The zero-order valence-corrected chi connectivity index (χ0v) is 5.06. The van der Waals surface area contributed by atoms with Crippen LogP contribution in [0.4, 0.5) is 0 Å². The highest BCUT2D eigenvalue weighted by Gasteiger charge is 1.90. The van der Waals surface area contributed by atoms with E-state index in [1.807, 2.05) is 0 Å². The molecular weight excluding hydrogens is 102 g/mol. The quantitative estimate of drug-likeness (QED) is 0.390. The van der Waals surface area contributed by atoms with E-state index in [2.05, 4.69) is 5.73 Å². The van der Waals surface area contributed by atoms with Crippen molar-refractivity contribution in [2.45, 2.75) is 13.8 Å². The lowest BCUT2D eigenvalue weighted by Gasteiger charge is -1.82. The average molecular weight is 111 g/mol. The van der Waals surface area contributed by atoms with Gasteiger partial charge in [-0.05, 0) is 19.9 Å². The van der Waals surface area contributed by atoms with Crippen LogP contribution in [-0.4, -0.2) is 5.91 Å². The molecule has 0 heterocycles. The Morgan fingerprint density at radius 3 is 2.38 bits per heavy atom. The second kappa shape index (κ2) is 3.05. The molecule has 0 saturated carbocycles. The molecule has 44 valence electrons. The molecule has 0 radical (unpaired) electrons. The standard InChI is InChI=1S/C6H9NO/c1-3-4-5(2)6(7)8/h3H,1-2H3,(H2,7,8). The first-order valence-corrected chi connectivity index (χ1v) is 2.36. The van der Waals surface area contributed by atoms with Gasteiger partial charge in [0.25, 0.3) is 5.91 Å². The largest absolute Gasteiger partial charge is 0.365 e. The van der Waals surface area contributed by atoms with Crippen LogP contribution in [0.3, 0.4) is 0 Å². The fraction of sp³-hybridized carbons (Fsp3) is 0.333. The molecule has 0 atom stereocenters. The molecule has 2 N–H and O–H groups in total. The van der Waals surface area contributed by atoms with Crippen LogP contribution >= 0.6 is 0 Å². The van der Waals surface area contributed by atoms with Gasteiger partial charge in [-0.3, -0.25) is 4.79 Å². The molecule has 0 unspecified atom stereocenters. The summed E-state index contributed by atoms with van der Waals surface area (Å²) in [6.45, 7) is 3.41. The van der Waals surface area contributed by atoms with E-state index < -0.39 is 5.91 Å². The van der Waals surface area contributed by atoms with Crippen molar-refractivity contribution in [3.8, 4) is 0 Å². The smallest absolute Gasteiger partial charge is 0.252 e. The topological polar surface area (TPSA) is 43.1 Å². The summed E-state index contributed by atoms with van der Waals surface area (Å²) < 4.78 is 0. The van der Waals surface area contributed by atoms with E-state index in [0.717, 1.165) is 0 Å². The lowest BCUT2D eigenvalue weighted by molar-refractivity contribution is -0.114. The summed E-state index contributed by atoms with van der Waals surface area (Å²) in [5.74, 6) is -0.414. The number of rotatable bonds is 1. The van der Waals surface area contributed by atoms with E-state index in [1.165, 1.54) is 0 Å². The Hall–Kier alpha value is -1.01. The molecule has 0 spiro atoms. The summed E-state index contributed by atoms with van der Waals surface area (Å²) in [5.41, 5.74) is 7.99. The van der Waals surface area contributed by atoms with Crippen molar-refractivity contribution in [2.75, 3.05) is 0 Å². The van der Waals surface area contributed by atoms with Crippen molar-refractivity contribution in [1.29, 1.82) is 0 Å². The van der Waals surface area contributed by atoms with E-state index in [0.29, 0.717) is 5.57 Å². The Morgan fingerprint density at radius 1 is 1.75 bits per heavy atom. The Labute approximate surface area is 48.7 Å². The molecule has 0 aliphatic rings. The first-order chi connectivity index (χ1) is 3.68. The molecule has 0 saturated heterocycles. The zero-order chi connectivity index (χ0) is 6.57. The third-order valence-corrected chi connectivity index (χ3v) is 0.730. The molecule has 0 rings (SSSR count). The zero-order valence-electron chi connectivity index (χ0n) is 5.06. The van der Waals surface area contributed by atoms with Gasteiger partial charge in [0.05, 0.1) is 5.57 Å². The fourth-order valence-corrected chi connectivity index (χ4v) is 0.288. The van der Waals surface area contributed by atoms with Crippen molar-refractivity contribution in [3.05, 3.63) is 17.4 Å². The summed E-state index contributed by atoms with van der Waals surface area (Å²) in [6, 6.07) is 0. The first-order valence-electron chi connectivity index (χ1n) is 2.36. The van der Waals surface area contributed by atoms with Gasteiger partial charge in [0.2, 0.25) is 0 Å². The predicted molar refractivity (Wildman–Crippen MR) is 32.1 cm³/mol. The minimum absolute atomic E-state index is 0.414. The summed E-state index contributed by atoms with van der Waals surface area (Å²) >= 11 is 0. The van der Waals surface area contributed by atoms with Crippen molar-refractivity contribution < 1.29 is 4.79 Å². The number of primary amides is 1. The van der Waals surface area contributed by atoms with E-state index in [1.54, 1.807) is 19.9 Å². The van der Waals surface area contributed by atoms with E-state index >= 15 is 0 Å². The van der Waals surface area contributed by atoms with Crippen LogP contribution in [0.2, 0.25) is 0 Å². The van der Waals surface area contributed by atoms with Gasteiger partial charge >= 0.3 is 0 Å². The van der Waals surface area contributed by atoms with Gasteiger partial charge in [-0.2, -0.15) is 0 Å². The maximum Gasteiger partial charge on any atom is 0.252 e. The highest BCUT2D eigenvalue weighted by molar-refractivity contribution is 5.90. The van der Waals surface area contributed by atoms with Crippen molar-refractivity contribution in [2.24, 2.45) is 5.73 Å². The van der Waals surface area contributed by atoms with Crippen LogP contribution in [0, 0.1) is 0 Å². The van der Waals surface area contributed by atoms with E-state index in [9.17, 15) is 4.79 Å². The maximum atomic E-state index is 10.2. The minimum Gasteiger partial charge on any atom is -0.365 e. The molecule has 0 aliphatic carbocycles. The Morgan fingerprint density at radius 2 is 2.25 bits per heavy atom.